The van der Waals surface area contributed by atoms with E-state index in [2.05, 4.69) is 26.5 Å². The zero-order valence-electron chi connectivity index (χ0n) is 8.12. The molecule has 1 aliphatic rings. The summed E-state index contributed by atoms with van der Waals surface area (Å²) in [5.74, 6) is 0. The molecule has 0 saturated heterocycles. The van der Waals surface area contributed by atoms with E-state index in [1.165, 1.54) is 19.3 Å². The van der Waals surface area contributed by atoms with Gasteiger partial charge in [-0.05, 0) is 19.3 Å². The van der Waals surface area contributed by atoms with Crippen LogP contribution in [0.1, 0.15) is 33.1 Å². The van der Waals surface area contributed by atoms with Crippen LogP contribution < -0.4 is 0 Å². The fourth-order valence-electron chi connectivity index (χ4n) is 1.79. The second-order valence-electron chi connectivity index (χ2n) is 3.61. The number of hydrogen-bond acceptors (Lipinski definition) is 2. The van der Waals surface area contributed by atoms with E-state index >= 15 is 0 Å². The third kappa shape index (κ3) is 2.70. The van der Waals surface area contributed by atoms with Crippen LogP contribution in [0.2, 0.25) is 12.6 Å². The van der Waals surface area contributed by atoms with Gasteiger partial charge in [0.15, 0.2) is 0 Å². The van der Waals surface area contributed by atoms with E-state index in [1.807, 2.05) is 0 Å². The van der Waals surface area contributed by atoms with Crippen LogP contribution in [0, 0.1) is 0 Å². The molecule has 1 rings (SSSR count). The SMILES string of the molecule is CCB(CC)OC1CCCC1S. The van der Waals surface area contributed by atoms with Crippen molar-refractivity contribution >= 4 is 19.5 Å². The first-order valence-corrected chi connectivity index (χ1v) is 5.63. The largest absolute Gasteiger partial charge is 0.432 e. The molecule has 12 heavy (non-hydrogen) atoms. The van der Waals surface area contributed by atoms with Gasteiger partial charge in [0.25, 0.3) is 6.92 Å². The lowest BCUT2D eigenvalue weighted by Crippen LogP contribution is -2.27. The van der Waals surface area contributed by atoms with Crippen LogP contribution in [0.15, 0.2) is 0 Å². The molecule has 1 fully saturated rings. The topological polar surface area (TPSA) is 9.23 Å². The van der Waals surface area contributed by atoms with Crippen molar-refractivity contribution in [3.05, 3.63) is 0 Å². The fourth-order valence-corrected chi connectivity index (χ4v) is 2.20. The molecule has 0 radical (unpaired) electrons. The molecule has 1 nitrogen and oxygen atoms in total. The molecule has 0 aromatic heterocycles. The molecule has 3 heteroatoms. The van der Waals surface area contributed by atoms with E-state index in [9.17, 15) is 0 Å². The molecule has 1 aliphatic carbocycles. The van der Waals surface area contributed by atoms with E-state index in [1.54, 1.807) is 0 Å². The molecular formula is C9H19BOS. The number of rotatable bonds is 4. The predicted molar refractivity (Wildman–Crippen MR) is 58.2 cm³/mol. The van der Waals surface area contributed by atoms with Crippen LogP contribution in [0.5, 0.6) is 0 Å². The Morgan fingerprint density at radius 2 is 2.00 bits per heavy atom. The molecular weight excluding hydrogens is 167 g/mol. The highest BCUT2D eigenvalue weighted by molar-refractivity contribution is 7.81. The van der Waals surface area contributed by atoms with Gasteiger partial charge < -0.3 is 4.65 Å². The Hall–Kier alpha value is 0.375. The molecule has 0 aromatic carbocycles. The molecule has 0 aromatic rings. The molecule has 0 bridgehead atoms. The highest BCUT2D eigenvalue weighted by Gasteiger charge is 2.27. The molecule has 0 amide bonds. The van der Waals surface area contributed by atoms with Crippen LogP contribution in [0.3, 0.4) is 0 Å². The van der Waals surface area contributed by atoms with Gasteiger partial charge in [-0.25, -0.2) is 0 Å². The minimum Gasteiger partial charge on any atom is -0.432 e. The maximum atomic E-state index is 5.95. The van der Waals surface area contributed by atoms with Crippen LogP contribution in [-0.4, -0.2) is 18.3 Å². The first-order valence-electron chi connectivity index (χ1n) is 5.11. The second-order valence-corrected chi connectivity index (χ2v) is 4.27. The number of thiol groups is 1. The molecule has 0 heterocycles. The highest BCUT2D eigenvalue weighted by atomic mass is 32.1. The van der Waals surface area contributed by atoms with Crippen molar-refractivity contribution in [3.8, 4) is 0 Å². The monoisotopic (exact) mass is 186 g/mol. The number of hydrogen-bond donors (Lipinski definition) is 1. The Morgan fingerprint density at radius 1 is 1.33 bits per heavy atom. The first-order chi connectivity index (χ1) is 5.77. The lowest BCUT2D eigenvalue weighted by Gasteiger charge is -2.20. The third-order valence-corrected chi connectivity index (χ3v) is 3.29. The van der Waals surface area contributed by atoms with Crippen molar-refractivity contribution in [2.24, 2.45) is 0 Å². The van der Waals surface area contributed by atoms with Crippen molar-refractivity contribution in [1.82, 2.24) is 0 Å². The third-order valence-electron chi connectivity index (χ3n) is 2.70. The van der Waals surface area contributed by atoms with Gasteiger partial charge in [0.05, 0.1) is 6.10 Å². The summed E-state index contributed by atoms with van der Waals surface area (Å²) in [7, 11) is 0. The summed E-state index contributed by atoms with van der Waals surface area (Å²) in [6.45, 7) is 4.84. The summed E-state index contributed by atoms with van der Waals surface area (Å²) in [6, 6.07) is 0. The Kier molecular flexibility index (Phi) is 4.51. The zero-order valence-corrected chi connectivity index (χ0v) is 9.02. The minimum absolute atomic E-state index is 0.429. The van der Waals surface area contributed by atoms with E-state index < -0.39 is 0 Å². The van der Waals surface area contributed by atoms with Gasteiger partial charge >= 0.3 is 0 Å². The average molecular weight is 186 g/mol. The lowest BCUT2D eigenvalue weighted by molar-refractivity contribution is 0.214. The van der Waals surface area contributed by atoms with Crippen LogP contribution in [-0.2, 0) is 4.65 Å². The van der Waals surface area contributed by atoms with Gasteiger partial charge in [-0.15, -0.1) is 0 Å². The summed E-state index contributed by atoms with van der Waals surface area (Å²) >= 11 is 4.51. The smallest absolute Gasteiger partial charge is 0.292 e. The van der Waals surface area contributed by atoms with Crippen molar-refractivity contribution < 1.29 is 4.65 Å². The van der Waals surface area contributed by atoms with Crippen molar-refractivity contribution in [2.45, 2.75) is 57.1 Å². The van der Waals surface area contributed by atoms with Gasteiger partial charge in [0.2, 0.25) is 0 Å². The molecule has 2 unspecified atom stereocenters. The zero-order chi connectivity index (χ0) is 8.97. The fraction of sp³-hybridized carbons (Fsp3) is 1.00. The van der Waals surface area contributed by atoms with Crippen LogP contribution in [0.4, 0.5) is 0 Å². The van der Waals surface area contributed by atoms with Gasteiger partial charge in [0.1, 0.15) is 0 Å². The molecule has 0 N–H and O–H groups in total. The standard InChI is InChI=1S/C9H19BOS/c1-3-10(4-2)11-8-6-5-7-9(8)12/h8-9,12H,3-7H2,1-2H3. The predicted octanol–water partition coefficient (Wildman–Crippen LogP) is 2.89. The van der Waals surface area contributed by atoms with E-state index in [4.69, 9.17) is 4.65 Å². The Balaban J connectivity index is 2.28. The van der Waals surface area contributed by atoms with Crippen molar-refractivity contribution in [2.75, 3.05) is 0 Å². The van der Waals surface area contributed by atoms with Crippen molar-refractivity contribution in [1.29, 1.82) is 0 Å². The average Bonchev–Trinajstić information content (AvgIpc) is 2.47. The quantitative estimate of drug-likeness (QED) is 0.524. The van der Waals surface area contributed by atoms with E-state index in [0.29, 0.717) is 18.3 Å². The molecule has 70 valence electrons. The molecule has 0 aliphatic heterocycles. The Labute approximate surface area is 81.8 Å². The highest BCUT2D eigenvalue weighted by Crippen LogP contribution is 2.27. The normalized spacial score (nSPS) is 29.2. The summed E-state index contributed by atoms with van der Waals surface area (Å²) < 4.78 is 5.95. The van der Waals surface area contributed by atoms with Crippen LogP contribution in [0.25, 0.3) is 0 Å². The Morgan fingerprint density at radius 3 is 2.42 bits per heavy atom. The summed E-state index contributed by atoms with van der Waals surface area (Å²) in [4.78, 5) is 0. The van der Waals surface area contributed by atoms with Gasteiger partial charge in [-0.2, -0.15) is 12.6 Å². The van der Waals surface area contributed by atoms with Crippen molar-refractivity contribution in [3.63, 3.8) is 0 Å². The maximum Gasteiger partial charge on any atom is 0.292 e. The summed E-state index contributed by atoms with van der Waals surface area (Å²) in [5.41, 5.74) is 0. The summed E-state index contributed by atoms with van der Waals surface area (Å²) in [5, 5.41) is 0.491. The Bertz CT molecular complexity index is 128. The first kappa shape index (κ1) is 10.5. The van der Waals surface area contributed by atoms with Crippen LogP contribution >= 0.6 is 12.6 Å². The molecule has 2 atom stereocenters. The molecule has 0 spiro atoms. The summed E-state index contributed by atoms with van der Waals surface area (Å²) in [6.07, 6.45) is 6.43. The van der Waals surface area contributed by atoms with Gasteiger partial charge in [0, 0.05) is 5.25 Å². The minimum atomic E-state index is 0.429. The van der Waals surface area contributed by atoms with Gasteiger partial charge in [-0.3, -0.25) is 0 Å². The maximum absolute atomic E-state index is 5.95. The second kappa shape index (κ2) is 5.18. The molecule has 1 saturated carbocycles. The van der Waals surface area contributed by atoms with E-state index in [-0.39, 0.29) is 0 Å². The van der Waals surface area contributed by atoms with E-state index in [0.717, 1.165) is 12.6 Å². The van der Waals surface area contributed by atoms with Gasteiger partial charge in [-0.1, -0.05) is 26.5 Å². The lowest BCUT2D eigenvalue weighted by atomic mass is 9.62.